The molecule has 2 aromatic rings. The number of rotatable bonds is 3. The first-order chi connectivity index (χ1) is 7.83. The van der Waals surface area contributed by atoms with Crippen molar-refractivity contribution >= 4 is 11.8 Å². The van der Waals surface area contributed by atoms with Crippen LogP contribution in [0.5, 0.6) is 0 Å². The van der Waals surface area contributed by atoms with Crippen LogP contribution in [0.4, 0.5) is 0 Å². The Morgan fingerprint density at radius 3 is 2.50 bits per heavy atom. The zero-order valence-corrected chi connectivity index (χ0v) is 9.91. The summed E-state index contributed by atoms with van der Waals surface area (Å²) in [5.41, 5.74) is 0.939. The Hall–Kier alpha value is -1.48. The first-order valence-electron chi connectivity index (χ1n) is 5.23. The van der Waals surface area contributed by atoms with Crippen molar-refractivity contribution in [3.8, 4) is 5.69 Å². The lowest BCUT2D eigenvalue weighted by Crippen LogP contribution is -2.18. The van der Waals surface area contributed by atoms with Crippen molar-refractivity contribution < 1.29 is 0 Å². The summed E-state index contributed by atoms with van der Waals surface area (Å²) < 4.78 is 1.74. The molecular weight excluding hydrogens is 218 g/mol. The molecule has 1 aromatic heterocycles. The molecular formula is C13H13NOS. The maximum absolute atomic E-state index is 11.9. The van der Waals surface area contributed by atoms with Gasteiger partial charge in [0.25, 0.3) is 5.56 Å². The van der Waals surface area contributed by atoms with Crippen LogP contribution in [0.15, 0.2) is 58.4 Å². The molecule has 82 valence electrons. The molecule has 0 atom stereocenters. The Morgan fingerprint density at radius 1 is 1.06 bits per heavy atom. The highest BCUT2D eigenvalue weighted by Gasteiger charge is 2.04. The molecule has 0 aliphatic rings. The van der Waals surface area contributed by atoms with Crippen LogP contribution < -0.4 is 5.56 Å². The van der Waals surface area contributed by atoms with Crippen LogP contribution in [0, 0.1) is 0 Å². The highest BCUT2D eigenvalue weighted by atomic mass is 32.2. The molecule has 1 aromatic carbocycles. The van der Waals surface area contributed by atoms with Gasteiger partial charge in [0.15, 0.2) is 0 Å². The summed E-state index contributed by atoms with van der Waals surface area (Å²) in [7, 11) is 0. The number of nitrogens with zero attached hydrogens (tertiary/aromatic N) is 1. The van der Waals surface area contributed by atoms with Gasteiger partial charge in [-0.15, -0.1) is 11.8 Å². The van der Waals surface area contributed by atoms with Crippen molar-refractivity contribution in [1.29, 1.82) is 0 Å². The molecule has 0 saturated carbocycles. The van der Waals surface area contributed by atoms with Crippen LogP contribution in [-0.4, -0.2) is 10.3 Å². The summed E-state index contributed by atoms with van der Waals surface area (Å²) in [6, 6.07) is 15.1. The van der Waals surface area contributed by atoms with Crippen molar-refractivity contribution in [3.63, 3.8) is 0 Å². The topological polar surface area (TPSA) is 22.0 Å². The van der Waals surface area contributed by atoms with Gasteiger partial charge >= 0.3 is 0 Å². The van der Waals surface area contributed by atoms with Crippen molar-refractivity contribution in [3.05, 3.63) is 58.9 Å². The third-order valence-corrected chi connectivity index (χ3v) is 3.13. The van der Waals surface area contributed by atoms with Crippen LogP contribution in [0.1, 0.15) is 6.92 Å². The fraction of sp³-hybridized carbons (Fsp3) is 0.154. The summed E-state index contributed by atoms with van der Waals surface area (Å²) in [5.74, 6) is 0.955. The van der Waals surface area contributed by atoms with Crippen molar-refractivity contribution in [2.24, 2.45) is 0 Å². The molecule has 0 spiro atoms. The normalized spacial score (nSPS) is 10.3. The van der Waals surface area contributed by atoms with Gasteiger partial charge in [0.05, 0.1) is 5.03 Å². The summed E-state index contributed by atoms with van der Waals surface area (Å²) in [4.78, 5) is 11.9. The average Bonchev–Trinajstić information content (AvgIpc) is 2.31. The molecule has 1 heterocycles. The van der Waals surface area contributed by atoms with Crippen molar-refractivity contribution in [2.45, 2.75) is 11.9 Å². The Labute approximate surface area is 98.9 Å². The third kappa shape index (κ3) is 2.19. The molecule has 0 aliphatic heterocycles. The maximum Gasteiger partial charge on any atom is 0.255 e. The van der Waals surface area contributed by atoms with E-state index in [4.69, 9.17) is 0 Å². The molecule has 0 bridgehead atoms. The zero-order valence-electron chi connectivity index (χ0n) is 9.09. The van der Waals surface area contributed by atoms with Crippen LogP contribution in [0.2, 0.25) is 0 Å². The van der Waals surface area contributed by atoms with E-state index in [2.05, 4.69) is 6.92 Å². The van der Waals surface area contributed by atoms with Gasteiger partial charge < -0.3 is 0 Å². The fourth-order valence-electron chi connectivity index (χ4n) is 1.56. The third-order valence-electron chi connectivity index (χ3n) is 2.22. The van der Waals surface area contributed by atoms with E-state index >= 15 is 0 Å². The molecule has 0 N–H and O–H groups in total. The predicted molar refractivity (Wildman–Crippen MR) is 68.4 cm³/mol. The van der Waals surface area contributed by atoms with E-state index in [0.29, 0.717) is 0 Å². The number of hydrogen-bond donors (Lipinski definition) is 0. The summed E-state index contributed by atoms with van der Waals surface area (Å²) in [6.45, 7) is 2.08. The average molecular weight is 231 g/mol. The summed E-state index contributed by atoms with van der Waals surface area (Å²) in [5, 5.41) is 0.987. The Kier molecular flexibility index (Phi) is 3.47. The lowest BCUT2D eigenvalue weighted by Gasteiger charge is -2.10. The Morgan fingerprint density at radius 2 is 1.81 bits per heavy atom. The van der Waals surface area contributed by atoms with Crippen LogP contribution in [-0.2, 0) is 0 Å². The molecule has 0 radical (unpaired) electrons. The van der Waals surface area contributed by atoms with Gasteiger partial charge in [-0.25, -0.2) is 0 Å². The number of hydrogen-bond acceptors (Lipinski definition) is 2. The molecule has 0 unspecified atom stereocenters. The van der Waals surface area contributed by atoms with E-state index in [1.807, 2.05) is 36.4 Å². The van der Waals surface area contributed by atoms with Crippen molar-refractivity contribution in [1.82, 2.24) is 4.57 Å². The fourth-order valence-corrected chi connectivity index (χ4v) is 2.36. The number of pyridine rings is 1. The zero-order chi connectivity index (χ0) is 11.4. The van der Waals surface area contributed by atoms with Gasteiger partial charge in [-0.2, -0.15) is 0 Å². The number of thioether (sulfide) groups is 1. The summed E-state index contributed by atoms with van der Waals surface area (Å²) in [6.07, 6.45) is 0. The van der Waals surface area contributed by atoms with E-state index in [1.54, 1.807) is 28.5 Å². The van der Waals surface area contributed by atoms with Gasteiger partial charge in [-0.1, -0.05) is 31.2 Å². The molecule has 0 aliphatic carbocycles. The highest BCUT2D eigenvalue weighted by molar-refractivity contribution is 7.99. The molecule has 0 fully saturated rings. The first kappa shape index (κ1) is 11.0. The second-order valence-electron chi connectivity index (χ2n) is 3.31. The van der Waals surface area contributed by atoms with Gasteiger partial charge in [0, 0.05) is 11.8 Å². The minimum Gasteiger partial charge on any atom is -0.272 e. The number of para-hydroxylation sites is 1. The quantitative estimate of drug-likeness (QED) is 0.758. The minimum atomic E-state index is 0.0182. The SMILES string of the molecule is CCSc1cccc(=O)n1-c1ccccc1. The maximum atomic E-state index is 11.9. The summed E-state index contributed by atoms with van der Waals surface area (Å²) >= 11 is 1.67. The predicted octanol–water partition coefficient (Wildman–Crippen LogP) is 2.95. The lowest BCUT2D eigenvalue weighted by atomic mass is 10.3. The number of aromatic nitrogens is 1. The highest BCUT2D eigenvalue weighted by Crippen LogP contribution is 2.18. The van der Waals surface area contributed by atoms with Crippen LogP contribution in [0.25, 0.3) is 5.69 Å². The standard InChI is InChI=1S/C13H13NOS/c1-2-16-13-10-6-9-12(15)14(13)11-7-4-3-5-8-11/h3-10H,2H2,1H3. The van der Waals surface area contributed by atoms with E-state index in [0.717, 1.165) is 16.5 Å². The smallest absolute Gasteiger partial charge is 0.255 e. The van der Waals surface area contributed by atoms with E-state index < -0.39 is 0 Å². The molecule has 0 amide bonds. The van der Waals surface area contributed by atoms with Gasteiger partial charge in [-0.05, 0) is 24.0 Å². The molecule has 2 rings (SSSR count). The van der Waals surface area contributed by atoms with E-state index in [1.165, 1.54) is 0 Å². The minimum absolute atomic E-state index is 0.0182. The second-order valence-corrected chi connectivity index (χ2v) is 4.59. The van der Waals surface area contributed by atoms with Crippen molar-refractivity contribution in [2.75, 3.05) is 5.75 Å². The molecule has 0 saturated heterocycles. The van der Waals surface area contributed by atoms with Crippen LogP contribution in [0.3, 0.4) is 0 Å². The monoisotopic (exact) mass is 231 g/mol. The van der Waals surface area contributed by atoms with Gasteiger partial charge in [0.2, 0.25) is 0 Å². The number of benzene rings is 1. The van der Waals surface area contributed by atoms with Crippen LogP contribution >= 0.6 is 11.8 Å². The van der Waals surface area contributed by atoms with Gasteiger partial charge in [0.1, 0.15) is 0 Å². The molecule has 16 heavy (non-hydrogen) atoms. The van der Waals surface area contributed by atoms with E-state index in [-0.39, 0.29) is 5.56 Å². The largest absolute Gasteiger partial charge is 0.272 e. The van der Waals surface area contributed by atoms with E-state index in [9.17, 15) is 4.79 Å². The lowest BCUT2D eigenvalue weighted by molar-refractivity contribution is 0.876. The second kappa shape index (κ2) is 5.03. The first-order valence-corrected chi connectivity index (χ1v) is 6.22. The molecule has 2 nitrogen and oxygen atoms in total. The Balaban J connectivity index is 2.59. The van der Waals surface area contributed by atoms with Gasteiger partial charge in [-0.3, -0.25) is 9.36 Å². The Bertz CT molecular complexity index is 519. The molecule has 3 heteroatoms.